The van der Waals surface area contributed by atoms with Gasteiger partial charge in [0, 0.05) is 19.0 Å². The Bertz CT molecular complexity index is 985. The predicted molar refractivity (Wildman–Crippen MR) is 93.5 cm³/mol. The highest BCUT2D eigenvalue weighted by Gasteiger charge is 2.39. The normalized spacial score (nSPS) is 16.4. The monoisotopic (exact) mass is 341 g/mol. The number of fused-ring (bicyclic) bond motifs is 1. The lowest BCUT2D eigenvalue weighted by Gasteiger charge is -2.37. The Morgan fingerprint density at radius 1 is 1.12 bits per heavy atom. The molecule has 0 unspecified atom stereocenters. The molecule has 0 bridgehead atoms. The van der Waals surface area contributed by atoms with Gasteiger partial charge in [-0.2, -0.15) is 4.31 Å². The fourth-order valence-corrected chi connectivity index (χ4v) is 4.94. The molecule has 0 amide bonds. The van der Waals surface area contributed by atoms with Crippen LogP contribution in [0.5, 0.6) is 0 Å². The number of sulfonamides is 1. The second-order valence-corrected chi connectivity index (χ2v) is 8.33. The molecule has 0 atom stereocenters. The summed E-state index contributed by atoms with van der Waals surface area (Å²) < 4.78 is 27.2. The number of aromatic nitrogens is 2. The molecule has 1 fully saturated rings. The van der Waals surface area contributed by atoms with Crippen LogP contribution < -0.4 is 0 Å². The summed E-state index contributed by atoms with van der Waals surface area (Å²) in [5, 5.41) is 0. The smallest absolute Gasteiger partial charge is 0.243 e. The van der Waals surface area contributed by atoms with Crippen molar-refractivity contribution in [2.24, 2.45) is 0 Å². The highest BCUT2D eigenvalue weighted by Crippen LogP contribution is 2.32. The second-order valence-electron chi connectivity index (χ2n) is 6.43. The van der Waals surface area contributed by atoms with Crippen molar-refractivity contribution in [2.45, 2.75) is 24.7 Å². The summed E-state index contributed by atoms with van der Waals surface area (Å²) in [6.07, 6.45) is 0. The van der Waals surface area contributed by atoms with Crippen LogP contribution >= 0.6 is 0 Å². The largest absolute Gasteiger partial charge is 0.342 e. The number of H-pyrrole nitrogens is 1. The third-order valence-corrected chi connectivity index (χ3v) is 6.58. The van der Waals surface area contributed by atoms with E-state index in [0.717, 1.165) is 28.0 Å². The number of aryl methyl sites for hydroxylation is 2. The van der Waals surface area contributed by atoms with Crippen molar-refractivity contribution in [3.63, 3.8) is 0 Å². The minimum absolute atomic E-state index is 0.122. The van der Waals surface area contributed by atoms with E-state index in [0.29, 0.717) is 18.0 Å². The molecule has 0 saturated carbocycles. The first-order valence-electron chi connectivity index (χ1n) is 7.97. The van der Waals surface area contributed by atoms with Gasteiger partial charge in [0.05, 0.1) is 15.9 Å². The van der Waals surface area contributed by atoms with Gasteiger partial charge in [-0.25, -0.2) is 13.4 Å². The van der Waals surface area contributed by atoms with Crippen molar-refractivity contribution in [3.8, 4) is 0 Å². The molecule has 124 valence electrons. The Morgan fingerprint density at radius 2 is 1.88 bits per heavy atom. The molecule has 1 N–H and O–H groups in total. The summed E-state index contributed by atoms with van der Waals surface area (Å²) in [7, 11) is -3.43. The third-order valence-electron chi connectivity index (χ3n) is 4.60. The van der Waals surface area contributed by atoms with Gasteiger partial charge in [0.2, 0.25) is 10.0 Å². The topological polar surface area (TPSA) is 66.1 Å². The highest BCUT2D eigenvalue weighted by atomic mass is 32.2. The van der Waals surface area contributed by atoms with E-state index in [4.69, 9.17) is 0 Å². The van der Waals surface area contributed by atoms with Crippen molar-refractivity contribution in [3.05, 3.63) is 59.4 Å². The van der Waals surface area contributed by atoms with E-state index in [1.807, 2.05) is 50.2 Å². The number of hydrogen-bond donors (Lipinski definition) is 1. The minimum atomic E-state index is -3.43. The first-order valence-corrected chi connectivity index (χ1v) is 9.41. The van der Waals surface area contributed by atoms with Gasteiger partial charge in [-0.05, 0) is 43.2 Å². The van der Waals surface area contributed by atoms with Gasteiger partial charge in [0.15, 0.2) is 0 Å². The lowest BCUT2D eigenvalue weighted by atomic mass is 10.0. The Hall–Kier alpha value is -2.18. The number of nitrogens with zero attached hydrogens (tertiary/aromatic N) is 2. The molecule has 6 heteroatoms. The van der Waals surface area contributed by atoms with Crippen LogP contribution in [-0.4, -0.2) is 35.8 Å². The van der Waals surface area contributed by atoms with Gasteiger partial charge in [0.25, 0.3) is 0 Å². The van der Waals surface area contributed by atoms with Crippen molar-refractivity contribution in [2.75, 3.05) is 13.1 Å². The van der Waals surface area contributed by atoms with Gasteiger partial charge in [-0.1, -0.05) is 24.3 Å². The van der Waals surface area contributed by atoms with Crippen LogP contribution in [0.15, 0.2) is 47.4 Å². The molecule has 2 heterocycles. The molecule has 1 saturated heterocycles. The SMILES string of the molecule is Cc1ccc(C)c(S(=O)(=O)N2CC(c3nc4ccccc4[nH]3)C2)c1. The van der Waals surface area contributed by atoms with Gasteiger partial charge in [-0.3, -0.25) is 0 Å². The molecular weight excluding hydrogens is 322 g/mol. The molecule has 1 aromatic heterocycles. The second kappa shape index (κ2) is 5.43. The zero-order valence-corrected chi connectivity index (χ0v) is 14.5. The first kappa shape index (κ1) is 15.4. The van der Waals surface area contributed by atoms with E-state index in [9.17, 15) is 8.42 Å². The lowest BCUT2D eigenvalue weighted by Crippen LogP contribution is -2.48. The van der Waals surface area contributed by atoms with Crippen molar-refractivity contribution < 1.29 is 8.42 Å². The van der Waals surface area contributed by atoms with E-state index < -0.39 is 10.0 Å². The molecule has 0 aliphatic carbocycles. The number of imidazole rings is 1. The van der Waals surface area contributed by atoms with Crippen LogP contribution in [0.25, 0.3) is 11.0 Å². The molecule has 24 heavy (non-hydrogen) atoms. The molecule has 1 aliphatic heterocycles. The summed E-state index contributed by atoms with van der Waals surface area (Å²) >= 11 is 0. The third kappa shape index (κ3) is 2.42. The molecule has 5 nitrogen and oxygen atoms in total. The summed E-state index contributed by atoms with van der Waals surface area (Å²) in [5.41, 5.74) is 3.65. The first-order chi connectivity index (χ1) is 11.4. The van der Waals surface area contributed by atoms with Crippen molar-refractivity contribution >= 4 is 21.1 Å². The van der Waals surface area contributed by atoms with Crippen LogP contribution in [0.4, 0.5) is 0 Å². The van der Waals surface area contributed by atoms with E-state index >= 15 is 0 Å². The Balaban J connectivity index is 1.57. The van der Waals surface area contributed by atoms with Gasteiger partial charge in [0.1, 0.15) is 5.82 Å². The number of benzene rings is 2. The number of aromatic amines is 1. The zero-order valence-electron chi connectivity index (χ0n) is 13.7. The molecular formula is C18H19N3O2S. The molecule has 3 aromatic rings. The highest BCUT2D eigenvalue weighted by molar-refractivity contribution is 7.89. The average Bonchev–Trinajstić information content (AvgIpc) is 2.91. The summed E-state index contributed by atoms with van der Waals surface area (Å²) in [6.45, 7) is 4.68. The molecule has 0 spiro atoms. The maximum Gasteiger partial charge on any atom is 0.243 e. The summed E-state index contributed by atoms with van der Waals surface area (Å²) in [4.78, 5) is 8.28. The molecule has 2 aromatic carbocycles. The maximum atomic E-state index is 12.8. The van der Waals surface area contributed by atoms with Crippen molar-refractivity contribution in [1.29, 1.82) is 0 Å². The Kier molecular flexibility index (Phi) is 3.47. The fourth-order valence-electron chi connectivity index (χ4n) is 3.10. The lowest BCUT2D eigenvalue weighted by molar-refractivity contribution is 0.257. The Labute approximate surface area is 141 Å². The molecule has 1 aliphatic rings. The van der Waals surface area contributed by atoms with E-state index in [1.165, 1.54) is 4.31 Å². The number of para-hydroxylation sites is 2. The Morgan fingerprint density at radius 3 is 2.62 bits per heavy atom. The van der Waals surface area contributed by atoms with Crippen LogP contribution in [0, 0.1) is 13.8 Å². The maximum absolute atomic E-state index is 12.8. The van der Waals surface area contributed by atoms with Gasteiger partial charge >= 0.3 is 0 Å². The van der Waals surface area contributed by atoms with E-state index in [2.05, 4.69) is 9.97 Å². The average molecular weight is 341 g/mol. The van der Waals surface area contributed by atoms with E-state index in [1.54, 1.807) is 6.07 Å². The molecule has 4 rings (SSSR count). The zero-order chi connectivity index (χ0) is 16.9. The van der Waals surface area contributed by atoms with Crippen LogP contribution in [0.1, 0.15) is 22.9 Å². The molecule has 0 radical (unpaired) electrons. The van der Waals surface area contributed by atoms with Crippen LogP contribution in [0.2, 0.25) is 0 Å². The summed E-state index contributed by atoms with van der Waals surface area (Å²) in [6, 6.07) is 13.4. The summed E-state index contributed by atoms with van der Waals surface area (Å²) in [5.74, 6) is 0.987. The van der Waals surface area contributed by atoms with Crippen molar-refractivity contribution in [1.82, 2.24) is 14.3 Å². The number of nitrogens with one attached hydrogen (secondary N) is 1. The van der Waals surface area contributed by atoms with E-state index in [-0.39, 0.29) is 5.92 Å². The minimum Gasteiger partial charge on any atom is -0.342 e. The van der Waals surface area contributed by atoms with Crippen LogP contribution in [0.3, 0.4) is 0 Å². The number of hydrogen-bond acceptors (Lipinski definition) is 3. The quantitative estimate of drug-likeness (QED) is 0.796. The fraction of sp³-hybridized carbons (Fsp3) is 0.278. The van der Waals surface area contributed by atoms with Gasteiger partial charge in [-0.15, -0.1) is 0 Å². The van der Waals surface area contributed by atoms with Crippen LogP contribution in [-0.2, 0) is 10.0 Å². The standard InChI is InChI=1S/C18H19N3O2S/c1-12-7-8-13(2)17(9-12)24(22,23)21-10-14(11-21)18-19-15-5-3-4-6-16(15)20-18/h3-9,14H,10-11H2,1-2H3,(H,19,20). The predicted octanol–water partition coefficient (Wildman–Crippen LogP) is 2.97. The van der Waals surface area contributed by atoms with Gasteiger partial charge < -0.3 is 4.98 Å². The number of rotatable bonds is 3.